The number of halogens is 2. The molecule has 6 heteroatoms. The molecule has 0 aliphatic carbocycles. The molecule has 0 unspecified atom stereocenters. The topological polar surface area (TPSA) is 59.9 Å². The van der Waals surface area contributed by atoms with Crippen molar-refractivity contribution in [2.24, 2.45) is 0 Å². The maximum Gasteiger partial charge on any atom is 0.320 e. The van der Waals surface area contributed by atoms with E-state index < -0.39 is 11.0 Å². The quantitative estimate of drug-likeness (QED) is 0.658. The molecule has 0 aromatic carbocycles. The van der Waals surface area contributed by atoms with Crippen LogP contribution in [0.2, 0.25) is 0 Å². The van der Waals surface area contributed by atoms with Crippen LogP contribution < -0.4 is 11.0 Å². The van der Waals surface area contributed by atoms with Crippen LogP contribution in [-0.2, 0) is 0 Å². The maximum atomic E-state index is 10.8. The van der Waals surface area contributed by atoms with E-state index >= 15 is 0 Å². The number of aromatic nitrogens is 2. The summed E-state index contributed by atoms with van der Waals surface area (Å²) in [6.07, 6.45) is 1.46. The van der Waals surface area contributed by atoms with E-state index in [2.05, 4.69) is 9.97 Å². The summed E-state index contributed by atoms with van der Waals surface area (Å²) in [6.45, 7) is 0. The predicted octanol–water partition coefficient (Wildman–Crippen LogP) is 0.333. The Morgan fingerprint density at radius 1 is 1.17 bits per heavy atom. The van der Waals surface area contributed by atoms with Gasteiger partial charge in [0.25, 0.3) is 5.43 Å². The molecule has 0 radical (unpaired) electrons. The van der Waals surface area contributed by atoms with Gasteiger partial charge in [-0.05, 0) is 6.07 Å². The normalized spacial score (nSPS) is 9.00. The highest BCUT2D eigenvalue weighted by Crippen LogP contribution is 2.08. The van der Waals surface area contributed by atoms with Crippen LogP contribution in [0.25, 0.3) is 11.4 Å². The molecule has 2 rings (SSSR count). The van der Waals surface area contributed by atoms with Gasteiger partial charge < -0.3 is 0 Å². The zero-order chi connectivity index (χ0) is 7.14. The predicted molar refractivity (Wildman–Crippen MR) is 54.2 cm³/mol. The zero-order valence-corrected chi connectivity index (χ0v) is 9.11. The van der Waals surface area contributed by atoms with Gasteiger partial charge in [-0.1, -0.05) is 0 Å². The Balaban J connectivity index is 0.000000605. The number of hydrogen-bond acceptors (Lipinski definition) is 4. The third-order valence-corrected chi connectivity index (χ3v) is 1.31. The maximum absolute atomic E-state index is 10.8. The highest BCUT2D eigenvalue weighted by Gasteiger charge is 2.14. The monoisotopic (exact) mass is 294 g/mol. The van der Waals surface area contributed by atoms with Gasteiger partial charge in [-0.25, -0.2) is 4.98 Å². The van der Waals surface area contributed by atoms with Gasteiger partial charge in [-0.15, -0.1) is 34.0 Å². The second-order valence-corrected chi connectivity index (χ2v) is 1.92. The minimum Gasteiger partial charge on any atom is -0.281 e. The van der Waals surface area contributed by atoms with Crippen LogP contribution in [0.5, 0.6) is 0 Å². The first kappa shape index (κ1) is 11.4. The molecule has 64 valence electrons. The van der Waals surface area contributed by atoms with Gasteiger partial charge in [0.2, 0.25) is 0 Å². The fourth-order valence-electron chi connectivity index (χ4n) is 0.854. The lowest BCUT2D eigenvalue weighted by atomic mass is 10.4. The Kier molecular flexibility index (Phi) is 3.66. The van der Waals surface area contributed by atoms with Crippen molar-refractivity contribution in [2.75, 3.05) is 0 Å². The molecule has 0 saturated heterocycles. The van der Waals surface area contributed by atoms with Gasteiger partial charge in [0.15, 0.2) is 0 Å². The molecule has 2 aliphatic heterocycles. The summed E-state index contributed by atoms with van der Waals surface area (Å²) in [5, 5.41) is 0. The van der Waals surface area contributed by atoms with Crippen LogP contribution in [0, 0.1) is 0 Å². The Morgan fingerprint density at radius 3 is 2.42 bits per heavy atom. The van der Waals surface area contributed by atoms with E-state index in [0.717, 1.165) is 0 Å². The molecule has 0 aromatic rings. The average Bonchev–Trinajstić information content (AvgIpc) is 2.41. The number of hydrogen-bond donors (Lipinski definition) is 0. The van der Waals surface area contributed by atoms with Gasteiger partial charge in [-0.3, -0.25) is 14.6 Å². The molecule has 0 saturated carbocycles. The summed E-state index contributed by atoms with van der Waals surface area (Å²) in [4.78, 5) is 28.4. The fraction of sp³-hybridized carbons (Fsp3) is 0. The van der Waals surface area contributed by atoms with Crippen molar-refractivity contribution >= 4 is 34.0 Å². The van der Waals surface area contributed by atoms with Crippen molar-refractivity contribution in [1.29, 1.82) is 0 Å². The SMILES string of the molecule is Br.Br.O=c1nc2ccnc-2c1=O. The number of fused-ring (bicyclic) bond motifs is 1. The van der Waals surface area contributed by atoms with Gasteiger partial charge in [0.05, 0.1) is 5.69 Å². The Morgan fingerprint density at radius 2 is 1.83 bits per heavy atom. The van der Waals surface area contributed by atoms with Crippen molar-refractivity contribution in [3.05, 3.63) is 32.8 Å². The highest BCUT2D eigenvalue weighted by atomic mass is 79.9. The van der Waals surface area contributed by atoms with Crippen LogP contribution >= 0.6 is 34.0 Å². The Bertz CT molecular complexity index is 421. The van der Waals surface area contributed by atoms with E-state index in [9.17, 15) is 9.59 Å². The van der Waals surface area contributed by atoms with Crippen LogP contribution in [0.15, 0.2) is 21.9 Å². The van der Waals surface area contributed by atoms with Crippen LogP contribution in [0.4, 0.5) is 0 Å². The second kappa shape index (κ2) is 3.86. The van der Waals surface area contributed by atoms with Crippen molar-refractivity contribution in [3.8, 4) is 11.4 Å². The summed E-state index contributed by atoms with van der Waals surface area (Å²) in [5.41, 5.74) is -0.724. The third-order valence-electron chi connectivity index (χ3n) is 1.31. The van der Waals surface area contributed by atoms with Crippen molar-refractivity contribution in [1.82, 2.24) is 9.97 Å². The molecule has 2 heterocycles. The van der Waals surface area contributed by atoms with E-state index in [1.807, 2.05) is 0 Å². The lowest BCUT2D eigenvalue weighted by Gasteiger charge is -1.72. The van der Waals surface area contributed by atoms with Gasteiger partial charge >= 0.3 is 5.56 Å². The average molecular weight is 296 g/mol. The molecule has 0 atom stereocenters. The standard InChI is InChI=1S/C6H2N2O2.2BrH/c9-5-4-3(1-2-7-4)8-6(5)10;;/h1-2H;2*1H. The second-order valence-electron chi connectivity index (χ2n) is 1.92. The molecular formula is C6H4Br2N2O2. The van der Waals surface area contributed by atoms with Crippen LogP contribution in [0.1, 0.15) is 0 Å². The molecule has 2 aliphatic rings. The molecular weight excluding hydrogens is 292 g/mol. The first-order valence-electron chi connectivity index (χ1n) is 2.71. The smallest absolute Gasteiger partial charge is 0.281 e. The minimum atomic E-state index is -0.710. The molecule has 0 N–H and O–H groups in total. The summed E-state index contributed by atoms with van der Waals surface area (Å²) >= 11 is 0. The summed E-state index contributed by atoms with van der Waals surface area (Å²) in [5.74, 6) is 0. The first-order valence-corrected chi connectivity index (χ1v) is 2.71. The van der Waals surface area contributed by atoms with Gasteiger partial charge in [0, 0.05) is 6.20 Å². The third kappa shape index (κ3) is 1.44. The Hall–Kier alpha value is -0.620. The summed E-state index contributed by atoms with van der Waals surface area (Å²) in [7, 11) is 0. The van der Waals surface area contributed by atoms with E-state index in [-0.39, 0.29) is 39.7 Å². The van der Waals surface area contributed by atoms with Crippen LogP contribution in [-0.4, -0.2) is 9.97 Å². The van der Waals surface area contributed by atoms with Crippen LogP contribution in [0.3, 0.4) is 0 Å². The first-order chi connectivity index (χ1) is 4.79. The lowest BCUT2D eigenvalue weighted by Crippen LogP contribution is -2.19. The molecule has 0 spiro atoms. The van der Waals surface area contributed by atoms with E-state index in [0.29, 0.717) is 5.69 Å². The lowest BCUT2D eigenvalue weighted by molar-refractivity contribution is 1.30. The number of rotatable bonds is 0. The van der Waals surface area contributed by atoms with Gasteiger partial charge in [0.1, 0.15) is 5.69 Å². The molecule has 0 bridgehead atoms. The van der Waals surface area contributed by atoms with Gasteiger partial charge in [-0.2, -0.15) is 0 Å². The zero-order valence-electron chi connectivity index (χ0n) is 5.68. The van der Waals surface area contributed by atoms with Crippen molar-refractivity contribution < 1.29 is 0 Å². The molecule has 4 nitrogen and oxygen atoms in total. The van der Waals surface area contributed by atoms with E-state index in [1.165, 1.54) is 12.3 Å². The number of nitrogens with zero attached hydrogens (tertiary/aromatic N) is 2. The minimum absolute atomic E-state index is 0. The molecule has 0 amide bonds. The van der Waals surface area contributed by atoms with Crippen molar-refractivity contribution in [3.63, 3.8) is 0 Å². The highest BCUT2D eigenvalue weighted by molar-refractivity contribution is 8.93. The Labute approximate surface area is 88.2 Å². The van der Waals surface area contributed by atoms with E-state index in [4.69, 9.17) is 0 Å². The summed E-state index contributed by atoms with van der Waals surface area (Å²) in [6, 6.07) is 1.54. The summed E-state index contributed by atoms with van der Waals surface area (Å²) < 4.78 is 0. The molecule has 0 aromatic heterocycles. The molecule has 0 fully saturated rings. The van der Waals surface area contributed by atoms with Crippen molar-refractivity contribution in [2.45, 2.75) is 0 Å². The molecule has 12 heavy (non-hydrogen) atoms. The van der Waals surface area contributed by atoms with E-state index in [1.54, 1.807) is 0 Å². The largest absolute Gasteiger partial charge is 0.320 e. The fourth-order valence-corrected chi connectivity index (χ4v) is 0.854.